The van der Waals surface area contributed by atoms with Crippen molar-refractivity contribution in [2.45, 2.75) is 52.7 Å². The SMILES string of the molecule is Cc1nn(C(C)C)c(C)c1NCC1CCC=CO1. The molecule has 18 heavy (non-hydrogen) atoms. The highest BCUT2D eigenvalue weighted by Gasteiger charge is 2.16. The second-order valence-electron chi connectivity index (χ2n) is 5.17. The lowest BCUT2D eigenvalue weighted by atomic mass is 10.1. The Bertz CT molecular complexity index is 434. The van der Waals surface area contributed by atoms with Crippen LogP contribution in [0.15, 0.2) is 12.3 Å². The molecule has 0 aromatic carbocycles. The molecule has 0 fully saturated rings. The van der Waals surface area contributed by atoms with Gasteiger partial charge in [0.1, 0.15) is 6.10 Å². The van der Waals surface area contributed by atoms with Gasteiger partial charge in [-0.25, -0.2) is 0 Å². The zero-order chi connectivity index (χ0) is 13.1. The van der Waals surface area contributed by atoms with E-state index in [0.29, 0.717) is 6.04 Å². The van der Waals surface area contributed by atoms with Crippen LogP contribution >= 0.6 is 0 Å². The molecule has 0 amide bonds. The summed E-state index contributed by atoms with van der Waals surface area (Å²) in [6, 6.07) is 0.396. The molecule has 1 aliphatic heterocycles. The fraction of sp³-hybridized carbons (Fsp3) is 0.643. The van der Waals surface area contributed by atoms with Crippen LogP contribution in [0.25, 0.3) is 0 Å². The van der Waals surface area contributed by atoms with Crippen LogP contribution in [0.2, 0.25) is 0 Å². The maximum absolute atomic E-state index is 5.56. The van der Waals surface area contributed by atoms with E-state index >= 15 is 0 Å². The van der Waals surface area contributed by atoms with Crippen molar-refractivity contribution in [2.24, 2.45) is 0 Å². The normalized spacial score (nSPS) is 19.1. The highest BCUT2D eigenvalue weighted by Crippen LogP contribution is 2.23. The third-order valence-electron chi connectivity index (χ3n) is 3.34. The highest BCUT2D eigenvalue weighted by molar-refractivity contribution is 5.52. The Hall–Kier alpha value is -1.45. The number of nitrogens with one attached hydrogen (secondary N) is 1. The summed E-state index contributed by atoms with van der Waals surface area (Å²) in [6.45, 7) is 9.31. The topological polar surface area (TPSA) is 39.1 Å². The van der Waals surface area contributed by atoms with Gasteiger partial charge >= 0.3 is 0 Å². The van der Waals surface area contributed by atoms with Gasteiger partial charge in [-0.05, 0) is 46.6 Å². The Morgan fingerprint density at radius 2 is 2.28 bits per heavy atom. The van der Waals surface area contributed by atoms with E-state index in [1.54, 1.807) is 0 Å². The Morgan fingerprint density at radius 1 is 1.50 bits per heavy atom. The molecule has 4 heteroatoms. The average Bonchev–Trinajstić information content (AvgIpc) is 2.64. The van der Waals surface area contributed by atoms with E-state index in [1.807, 2.05) is 6.26 Å². The largest absolute Gasteiger partial charge is 0.497 e. The summed E-state index contributed by atoms with van der Waals surface area (Å²) in [7, 11) is 0. The van der Waals surface area contributed by atoms with Gasteiger partial charge in [0, 0.05) is 6.04 Å². The maximum Gasteiger partial charge on any atom is 0.115 e. The molecule has 0 aliphatic carbocycles. The van der Waals surface area contributed by atoms with Gasteiger partial charge in [0.15, 0.2) is 0 Å². The van der Waals surface area contributed by atoms with Gasteiger partial charge < -0.3 is 10.1 Å². The molecule has 100 valence electrons. The minimum absolute atomic E-state index is 0.274. The van der Waals surface area contributed by atoms with E-state index in [4.69, 9.17) is 4.74 Å². The average molecular weight is 249 g/mol. The van der Waals surface area contributed by atoms with Crippen LogP contribution in [0.3, 0.4) is 0 Å². The molecule has 0 bridgehead atoms. The molecular weight excluding hydrogens is 226 g/mol. The molecule has 4 nitrogen and oxygen atoms in total. The van der Waals surface area contributed by atoms with Crippen molar-refractivity contribution in [2.75, 3.05) is 11.9 Å². The predicted octanol–water partition coefficient (Wildman–Crippen LogP) is 3.19. The van der Waals surface area contributed by atoms with Crippen LogP contribution in [0, 0.1) is 13.8 Å². The molecule has 2 rings (SSSR count). The first-order valence-corrected chi connectivity index (χ1v) is 6.69. The van der Waals surface area contributed by atoms with E-state index in [9.17, 15) is 0 Å². The van der Waals surface area contributed by atoms with Crippen molar-refractivity contribution in [1.82, 2.24) is 9.78 Å². The summed E-state index contributed by atoms with van der Waals surface area (Å²) >= 11 is 0. The predicted molar refractivity (Wildman–Crippen MR) is 73.8 cm³/mol. The standard InChI is InChI=1S/C14H23N3O/c1-10(2)17-12(4)14(11(3)16-17)15-9-13-7-5-6-8-18-13/h6,8,10,13,15H,5,7,9H2,1-4H3. The van der Waals surface area contributed by atoms with E-state index in [1.165, 1.54) is 5.69 Å². The van der Waals surface area contributed by atoms with E-state index in [0.717, 1.165) is 30.8 Å². The Morgan fingerprint density at radius 3 is 2.83 bits per heavy atom. The Labute approximate surface area is 109 Å². The number of hydrogen-bond acceptors (Lipinski definition) is 3. The lowest BCUT2D eigenvalue weighted by Gasteiger charge is -2.20. The van der Waals surface area contributed by atoms with Crippen LogP contribution in [0.4, 0.5) is 5.69 Å². The number of aryl methyl sites for hydroxylation is 1. The van der Waals surface area contributed by atoms with Crippen LogP contribution in [0.5, 0.6) is 0 Å². The monoisotopic (exact) mass is 249 g/mol. The molecule has 0 spiro atoms. The number of hydrogen-bond donors (Lipinski definition) is 1. The van der Waals surface area contributed by atoms with Crippen molar-refractivity contribution < 1.29 is 4.74 Å². The number of ether oxygens (including phenoxy) is 1. The van der Waals surface area contributed by atoms with Crippen molar-refractivity contribution in [3.05, 3.63) is 23.7 Å². The lowest BCUT2D eigenvalue weighted by molar-refractivity contribution is 0.135. The Kier molecular flexibility index (Phi) is 3.94. The summed E-state index contributed by atoms with van der Waals surface area (Å²) < 4.78 is 7.63. The smallest absolute Gasteiger partial charge is 0.115 e. The number of nitrogens with zero attached hydrogens (tertiary/aromatic N) is 2. The van der Waals surface area contributed by atoms with Crippen LogP contribution in [-0.4, -0.2) is 22.4 Å². The van der Waals surface area contributed by atoms with Crippen molar-refractivity contribution >= 4 is 5.69 Å². The summed E-state index contributed by atoms with van der Waals surface area (Å²) in [5.74, 6) is 0. The van der Waals surface area contributed by atoms with E-state index in [2.05, 4.69) is 48.9 Å². The minimum atomic E-state index is 0.274. The molecule has 1 aliphatic rings. The molecule has 1 atom stereocenters. The fourth-order valence-corrected chi connectivity index (χ4v) is 2.37. The Balaban J connectivity index is 2.02. The number of rotatable bonds is 4. The third-order valence-corrected chi connectivity index (χ3v) is 3.34. The van der Waals surface area contributed by atoms with Gasteiger partial charge in [0.25, 0.3) is 0 Å². The molecule has 0 saturated heterocycles. The zero-order valence-electron chi connectivity index (χ0n) is 11.7. The molecule has 2 heterocycles. The number of anilines is 1. The zero-order valence-corrected chi connectivity index (χ0v) is 11.7. The second kappa shape index (κ2) is 5.46. The first kappa shape index (κ1) is 13.0. The highest BCUT2D eigenvalue weighted by atomic mass is 16.5. The molecule has 0 saturated carbocycles. The fourth-order valence-electron chi connectivity index (χ4n) is 2.37. The van der Waals surface area contributed by atoms with Crippen LogP contribution in [-0.2, 0) is 4.74 Å². The first-order valence-electron chi connectivity index (χ1n) is 6.69. The summed E-state index contributed by atoms with van der Waals surface area (Å²) in [4.78, 5) is 0. The maximum atomic E-state index is 5.56. The molecule has 1 aromatic rings. The van der Waals surface area contributed by atoms with Gasteiger partial charge in [-0.15, -0.1) is 0 Å². The molecule has 1 N–H and O–H groups in total. The minimum Gasteiger partial charge on any atom is -0.497 e. The lowest BCUT2D eigenvalue weighted by Crippen LogP contribution is -2.23. The molecule has 1 aromatic heterocycles. The van der Waals surface area contributed by atoms with Gasteiger partial charge in [0.2, 0.25) is 0 Å². The van der Waals surface area contributed by atoms with Crippen LogP contribution < -0.4 is 5.32 Å². The van der Waals surface area contributed by atoms with Gasteiger partial charge in [0.05, 0.1) is 29.9 Å². The third kappa shape index (κ3) is 2.68. The van der Waals surface area contributed by atoms with E-state index in [-0.39, 0.29) is 6.10 Å². The van der Waals surface area contributed by atoms with Gasteiger partial charge in [-0.2, -0.15) is 5.10 Å². The van der Waals surface area contributed by atoms with Gasteiger partial charge in [-0.3, -0.25) is 4.68 Å². The van der Waals surface area contributed by atoms with Crippen LogP contribution in [0.1, 0.15) is 44.1 Å². The van der Waals surface area contributed by atoms with Crippen molar-refractivity contribution in [3.63, 3.8) is 0 Å². The summed E-state index contributed by atoms with van der Waals surface area (Å²) in [6.07, 6.45) is 6.35. The molecule has 1 unspecified atom stereocenters. The summed E-state index contributed by atoms with van der Waals surface area (Å²) in [5.41, 5.74) is 3.42. The van der Waals surface area contributed by atoms with Crippen molar-refractivity contribution in [1.29, 1.82) is 0 Å². The molecular formula is C14H23N3O. The molecule has 0 radical (unpaired) electrons. The quantitative estimate of drug-likeness (QED) is 0.890. The number of aromatic nitrogens is 2. The first-order chi connectivity index (χ1) is 8.59. The van der Waals surface area contributed by atoms with Crippen molar-refractivity contribution in [3.8, 4) is 0 Å². The van der Waals surface area contributed by atoms with E-state index < -0.39 is 0 Å². The summed E-state index contributed by atoms with van der Waals surface area (Å²) in [5, 5.41) is 8.06. The van der Waals surface area contributed by atoms with Gasteiger partial charge in [-0.1, -0.05) is 0 Å². The second-order valence-corrected chi connectivity index (χ2v) is 5.17. The number of allylic oxidation sites excluding steroid dienone is 1.